The Morgan fingerprint density at radius 1 is 1.35 bits per heavy atom. The number of anilines is 1. The number of hydrogen-bond donors (Lipinski definition) is 1. The zero-order valence-corrected chi connectivity index (χ0v) is 10.2. The number of hydrogen-bond acceptors (Lipinski definition) is 4. The lowest BCUT2D eigenvalue weighted by Crippen LogP contribution is -1.91. The number of aromatic nitrogens is 1. The molecular weight excluding hydrogens is 232 g/mol. The molecule has 2 aliphatic carbocycles. The van der Waals surface area contributed by atoms with Crippen LogP contribution in [-0.4, -0.2) is 5.16 Å². The van der Waals surface area contributed by atoms with Crippen LogP contribution in [0.25, 0.3) is 10.4 Å². The summed E-state index contributed by atoms with van der Waals surface area (Å²) < 4.78 is 5.22. The van der Waals surface area contributed by atoms with E-state index in [-0.39, 0.29) is 0 Å². The summed E-state index contributed by atoms with van der Waals surface area (Å²) in [6, 6.07) is 4.14. The molecule has 2 unspecified atom stereocenters. The first-order valence-electron chi connectivity index (χ1n) is 6.15. The SMILES string of the molecule is Nc1onc(C2C3CCCC32)c1-c1cccs1. The molecule has 88 valence electrons. The van der Waals surface area contributed by atoms with Crippen LogP contribution in [-0.2, 0) is 0 Å². The maximum Gasteiger partial charge on any atom is 0.231 e. The van der Waals surface area contributed by atoms with Gasteiger partial charge in [-0.2, -0.15) is 0 Å². The van der Waals surface area contributed by atoms with Gasteiger partial charge < -0.3 is 10.3 Å². The number of nitrogens with two attached hydrogens (primary N) is 1. The van der Waals surface area contributed by atoms with Gasteiger partial charge in [-0.3, -0.25) is 0 Å². The Kier molecular flexibility index (Phi) is 1.92. The molecule has 4 rings (SSSR count). The van der Waals surface area contributed by atoms with Gasteiger partial charge in [0, 0.05) is 10.8 Å². The van der Waals surface area contributed by atoms with E-state index < -0.39 is 0 Å². The van der Waals surface area contributed by atoms with Gasteiger partial charge in [0.2, 0.25) is 5.88 Å². The molecule has 2 heterocycles. The van der Waals surface area contributed by atoms with Gasteiger partial charge in [-0.15, -0.1) is 11.3 Å². The molecule has 0 radical (unpaired) electrons. The highest BCUT2D eigenvalue weighted by atomic mass is 32.1. The van der Waals surface area contributed by atoms with Crippen LogP contribution in [0.2, 0.25) is 0 Å². The first kappa shape index (κ1) is 9.71. The average molecular weight is 246 g/mol. The molecule has 0 bridgehead atoms. The van der Waals surface area contributed by atoms with Gasteiger partial charge in [-0.25, -0.2) is 0 Å². The highest BCUT2D eigenvalue weighted by Crippen LogP contribution is 2.64. The lowest BCUT2D eigenvalue weighted by molar-refractivity contribution is 0.424. The van der Waals surface area contributed by atoms with Crippen molar-refractivity contribution in [2.24, 2.45) is 11.8 Å². The van der Waals surface area contributed by atoms with Crippen molar-refractivity contribution in [1.82, 2.24) is 5.16 Å². The van der Waals surface area contributed by atoms with Crippen molar-refractivity contribution in [3.8, 4) is 10.4 Å². The lowest BCUT2D eigenvalue weighted by atomic mass is 10.0. The zero-order valence-electron chi connectivity index (χ0n) is 9.43. The van der Waals surface area contributed by atoms with Gasteiger partial charge in [0.05, 0.1) is 11.3 Å². The monoisotopic (exact) mass is 246 g/mol. The Morgan fingerprint density at radius 2 is 2.18 bits per heavy atom. The number of nitrogen functional groups attached to an aromatic ring is 1. The minimum Gasteiger partial charge on any atom is -0.367 e. The molecule has 0 spiro atoms. The maximum absolute atomic E-state index is 5.93. The van der Waals surface area contributed by atoms with Crippen LogP contribution >= 0.6 is 11.3 Å². The second-order valence-corrected chi connectivity index (χ2v) is 6.02. The summed E-state index contributed by atoms with van der Waals surface area (Å²) in [6.45, 7) is 0. The van der Waals surface area contributed by atoms with E-state index >= 15 is 0 Å². The fraction of sp³-hybridized carbons (Fsp3) is 0.462. The van der Waals surface area contributed by atoms with Crippen molar-refractivity contribution in [1.29, 1.82) is 0 Å². The van der Waals surface area contributed by atoms with Crippen molar-refractivity contribution < 1.29 is 4.52 Å². The minimum atomic E-state index is 0.479. The topological polar surface area (TPSA) is 52.0 Å². The number of fused-ring (bicyclic) bond motifs is 1. The average Bonchev–Trinajstić information content (AvgIpc) is 2.84. The predicted molar refractivity (Wildman–Crippen MR) is 67.8 cm³/mol. The molecule has 2 saturated carbocycles. The van der Waals surface area contributed by atoms with Crippen LogP contribution < -0.4 is 5.73 Å². The standard InChI is InChI=1S/C13H14N2OS/c14-13-11(9-5-2-6-17-9)12(15-16-13)10-7-3-1-4-8(7)10/h2,5-8,10H,1,3-4,14H2. The third kappa shape index (κ3) is 1.30. The highest BCUT2D eigenvalue weighted by molar-refractivity contribution is 7.13. The van der Waals surface area contributed by atoms with Crippen LogP contribution in [0.5, 0.6) is 0 Å². The van der Waals surface area contributed by atoms with Crippen LogP contribution in [0.1, 0.15) is 30.9 Å². The first-order chi connectivity index (χ1) is 8.36. The van der Waals surface area contributed by atoms with E-state index in [4.69, 9.17) is 10.3 Å². The van der Waals surface area contributed by atoms with Crippen LogP contribution in [0.4, 0.5) is 5.88 Å². The normalized spacial score (nSPS) is 30.5. The molecule has 2 N–H and O–H groups in total. The number of rotatable bonds is 2. The van der Waals surface area contributed by atoms with E-state index in [1.165, 1.54) is 24.1 Å². The third-order valence-electron chi connectivity index (χ3n) is 4.23. The maximum atomic E-state index is 5.93. The Morgan fingerprint density at radius 3 is 2.88 bits per heavy atom. The summed E-state index contributed by atoms with van der Waals surface area (Å²) in [4.78, 5) is 1.18. The Labute approximate surface area is 104 Å². The van der Waals surface area contributed by atoms with Crippen molar-refractivity contribution in [3.05, 3.63) is 23.2 Å². The Hall–Kier alpha value is -1.29. The summed E-state index contributed by atoms with van der Waals surface area (Å²) in [6.07, 6.45) is 4.09. The van der Waals surface area contributed by atoms with E-state index in [1.807, 2.05) is 6.07 Å². The first-order valence-corrected chi connectivity index (χ1v) is 7.03. The van der Waals surface area contributed by atoms with E-state index in [9.17, 15) is 0 Å². The molecule has 2 aliphatic rings. The molecule has 3 nitrogen and oxygen atoms in total. The van der Waals surface area contributed by atoms with Crippen molar-refractivity contribution >= 4 is 17.2 Å². The number of thiophene rings is 1. The molecule has 0 saturated heterocycles. The van der Waals surface area contributed by atoms with E-state index in [2.05, 4.69) is 16.6 Å². The zero-order chi connectivity index (χ0) is 11.4. The van der Waals surface area contributed by atoms with Crippen LogP contribution in [0.3, 0.4) is 0 Å². The second kappa shape index (κ2) is 3.35. The highest BCUT2D eigenvalue weighted by Gasteiger charge is 2.55. The molecule has 2 fully saturated rings. The molecular formula is C13H14N2OS. The van der Waals surface area contributed by atoms with Gasteiger partial charge in [0.1, 0.15) is 0 Å². The van der Waals surface area contributed by atoms with Crippen molar-refractivity contribution in [2.45, 2.75) is 25.2 Å². The summed E-state index contributed by atoms with van der Waals surface area (Å²) in [5, 5.41) is 6.29. The molecule has 0 aliphatic heterocycles. The quantitative estimate of drug-likeness (QED) is 0.882. The largest absolute Gasteiger partial charge is 0.367 e. The van der Waals surface area contributed by atoms with E-state index in [0.29, 0.717) is 11.8 Å². The summed E-state index contributed by atoms with van der Waals surface area (Å²) in [5.41, 5.74) is 8.09. The molecule has 2 aromatic rings. The minimum absolute atomic E-state index is 0.479. The molecule has 17 heavy (non-hydrogen) atoms. The van der Waals surface area contributed by atoms with E-state index in [0.717, 1.165) is 23.1 Å². The predicted octanol–water partition coefficient (Wildman–Crippen LogP) is 3.50. The molecule has 2 aromatic heterocycles. The molecule has 0 aromatic carbocycles. The summed E-state index contributed by atoms with van der Waals surface area (Å²) in [5.74, 6) is 2.78. The Balaban J connectivity index is 1.77. The van der Waals surface area contributed by atoms with Crippen molar-refractivity contribution in [2.75, 3.05) is 5.73 Å². The molecule has 0 amide bonds. The van der Waals surface area contributed by atoms with Crippen LogP contribution in [0.15, 0.2) is 22.0 Å². The lowest BCUT2D eigenvalue weighted by Gasteiger charge is -2.01. The summed E-state index contributed by atoms with van der Waals surface area (Å²) in [7, 11) is 0. The van der Waals surface area contributed by atoms with Gasteiger partial charge >= 0.3 is 0 Å². The smallest absolute Gasteiger partial charge is 0.231 e. The summed E-state index contributed by atoms with van der Waals surface area (Å²) >= 11 is 1.70. The van der Waals surface area contributed by atoms with Gasteiger partial charge in [-0.05, 0) is 36.1 Å². The third-order valence-corrected chi connectivity index (χ3v) is 5.12. The fourth-order valence-electron chi connectivity index (χ4n) is 3.44. The van der Waals surface area contributed by atoms with Gasteiger partial charge in [0.25, 0.3) is 0 Å². The Bertz CT molecular complexity index is 536. The molecule has 4 heteroatoms. The van der Waals surface area contributed by atoms with Gasteiger partial charge in [-0.1, -0.05) is 17.6 Å². The molecule has 2 atom stereocenters. The fourth-order valence-corrected chi connectivity index (χ4v) is 4.22. The van der Waals surface area contributed by atoms with Gasteiger partial charge in [0.15, 0.2) is 0 Å². The number of nitrogens with zero attached hydrogens (tertiary/aromatic N) is 1. The second-order valence-electron chi connectivity index (χ2n) is 5.07. The van der Waals surface area contributed by atoms with Crippen LogP contribution in [0, 0.1) is 11.8 Å². The van der Waals surface area contributed by atoms with Crippen molar-refractivity contribution in [3.63, 3.8) is 0 Å². The van der Waals surface area contributed by atoms with E-state index in [1.54, 1.807) is 11.3 Å².